The van der Waals surface area contributed by atoms with Gasteiger partial charge in [-0.1, -0.05) is 32.4 Å². The third kappa shape index (κ3) is 3.97. The van der Waals surface area contributed by atoms with E-state index >= 15 is 0 Å². The Morgan fingerprint density at radius 1 is 1.10 bits per heavy atom. The molecule has 3 nitrogen and oxygen atoms in total. The Labute approximate surface area is 126 Å². The number of benzene rings is 1. The second-order valence-corrected chi connectivity index (χ2v) is 6.85. The van der Waals surface area contributed by atoms with Crippen molar-refractivity contribution >= 4 is 23.1 Å². The van der Waals surface area contributed by atoms with E-state index in [1.54, 1.807) is 0 Å². The van der Waals surface area contributed by atoms with Crippen LogP contribution in [0, 0.1) is 5.41 Å². The van der Waals surface area contributed by atoms with Crippen LogP contribution in [0.4, 0.5) is 5.69 Å². The first-order valence-electron chi connectivity index (χ1n) is 7.12. The summed E-state index contributed by atoms with van der Waals surface area (Å²) in [6.07, 6.45) is 0. The molecule has 0 aromatic heterocycles. The Morgan fingerprint density at radius 2 is 1.65 bits per heavy atom. The Bertz CT molecular complexity index is 456. The maximum Gasteiger partial charge on any atom is 0.152 e. The topological polar surface area (TPSA) is 23.6 Å². The van der Waals surface area contributed by atoms with Crippen molar-refractivity contribution in [2.24, 2.45) is 5.41 Å². The quantitative estimate of drug-likeness (QED) is 0.856. The van der Waals surface area contributed by atoms with E-state index in [2.05, 4.69) is 21.9 Å². The Kier molecular flexibility index (Phi) is 4.71. The van der Waals surface area contributed by atoms with E-state index in [4.69, 9.17) is 11.6 Å². The molecule has 0 atom stereocenters. The summed E-state index contributed by atoms with van der Waals surface area (Å²) in [4.78, 5) is 16.6. The lowest BCUT2D eigenvalue weighted by atomic mass is 9.90. The van der Waals surface area contributed by atoms with Gasteiger partial charge >= 0.3 is 0 Å². The zero-order valence-electron chi connectivity index (χ0n) is 12.5. The summed E-state index contributed by atoms with van der Waals surface area (Å²) in [6, 6.07) is 7.95. The van der Waals surface area contributed by atoms with Gasteiger partial charge in [0.05, 0.1) is 6.54 Å². The first-order valence-corrected chi connectivity index (χ1v) is 7.50. The second kappa shape index (κ2) is 6.15. The van der Waals surface area contributed by atoms with Crippen molar-refractivity contribution in [3.63, 3.8) is 0 Å². The van der Waals surface area contributed by atoms with Crippen molar-refractivity contribution in [3.05, 3.63) is 29.3 Å². The molecule has 0 bridgehead atoms. The highest BCUT2D eigenvalue weighted by Crippen LogP contribution is 2.20. The summed E-state index contributed by atoms with van der Waals surface area (Å²) >= 11 is 5.91. The van der Waals surface area contributed by atoms with Crippen LogP contribution in [0.5, 0.6) is 0 Å². The van der Waals surface area contributed by atoms with Gasteiger partial charge in [-0.3, -0.25) is 9.69 Å². The maximum atomic E-state index is 12.1. The fourth-order valence-corrected chi connectivity index (χ4v) is 2.38. The molecule has 0 unspecified atom stereocenters. The lowest BCUT2D eigenvalue weighted by Gasteiger charge is -2.36. The number of hydrogen-bond acceptors (Lipinski definition) is 3. The highest BCUT2D eigenvalue weighted by atomic mass is 35.5. The highest BCUT2D eigenvalue weighted by Gasteiger charge is 2.25. The monoisotopic (exact) mass is 294 g/mol. The molecule has 1 heterocycles. The van der Waals surface area contributed by atoms with Crippen LogP contribution in [-0.2, 0) is 4.79 Å². The number of anilines is 1. The number of carbonyl (C=O) groups excluding carboxylic acids is 1. The molecular weight excluding hydrogens is 272 g/mol. The first-order chi connectivity index (χ1) is 9.36. The van der Waals surface area contributed by atoms with E-state index < -0.39 is 0 Å². The summed E-state index contributed by atoms with van der Waals surface area (Å²) < 4.78 is 0. The average molecular weight is 295 g/mol. The smallest absolute Gasteiger partial charge is 0.152 e. The van der Waals surface area contributed by atoms with Crippen LogP contribution in [0.3, 0.4) is 0 Å². The SMILES string of the molecule is CC(C)(C)C(=O)CN1CCN(c2ccc(Cl)cc2)CC1. The van der Waals surface area contributed by atoms with Crippen LogP contribution >= 0.6 is 11.6 Å². The predicted molar refractivity (Wildman–Crippen MR) is 84.6 cm³/mol. The standard InChI is InChI=1S/C16H23ClN2O/c1-16(2,3)15(20)12-18-8-10-19(11-9-18)14-6-4-13(17)5-7-14/h4-7H,8-12H2,1-3H3. The summed E-state index contributed by atoms with van der Waals surface area (Å²) in [6.45, 7) is 10.3. The van der Waals surface area contributed by atoms with E-state index in [0.717, 1.165) is 31.2 Å². The number of Topliss-reactive ketones (excluding diaryl/α,β-unsaturated/α-hetero) is 1. The van der Waals surface area contributed by atoms with Gasteiger partial charge < -0.3 is 4.90 Å². The molecule has 1 saturated heterocycles. The minimum absolute atomic E-state index is 0.243. The summed E-state index contributed by atoms with van der Waals surface area (Å²) in [7, 11) is 0. The van der Waals surface area contributed by atoms with Crippen molar-refractivity contribution in [3.8, 4) is 0 Å². The molecule has 1 aromatic rings. The van der Waals surface area contributed by atoms with Crippen molar-refractivity contribution in [2.45, 2.75) is 20.8 Å². The molecule has 4 heteroatoms. The minimum atomic E-state index is -0.243. The number of ketones is 1. The van der Waals surface area contributed by atoms with E-state index in [0.29, 0.717) is 12.3 Å². The van der Waals surface area contributed by atoms with E-state index in [1.165, 1.54) is 5.69 Å². The van der Waals surface area contributed by atoms with Crippen LogP contribution in [0.1, 0.15) is 20.8 Å². The number of nitrogens with zero attached hydrogens (tertiary/aromatic N) is 2. The van der Waals surface area contributed by atoms with Gasteiger partial charge in [0.25, 0.3) is 0 Å². The fourth-order valence-electron chi connectivity index (χ4n) is 2.26. The van der Waals surface area contributed by atoms with Gasteiger partial charge in [-0.05, 0) is 24.3 Å². The van der Waals surface area contributed by atoms with Crippen LogP contribution in [0.25, 0.3) is 0 Å². The summed E-state index contributed by atoms with van der Waals surface area (Å²) in [5.74, 6) is 0.317. The van der Waals surface area contributed by atoms with Crippen LogP contribution in [-0.4, -0.2) is 43.4 Å². The summed E-state index contributed by atoms with van der Waals surface area (Å²) in [5, 5.41) is 0.767. The largest absolute Gasteiger partial charge is 0.369 e. The molecule has 1 aromatic carbocycles. The zero-order valence-corrected chi connectivity index (χ0v) is 13.3. The molecule has 0 aliphatic carbocycles. The van der Waals surface area contributed by atoms with Gasteiger partial charge in [0.1, 0.15) is 0 Å². The lowest BCUT2D eigenvalue weighted by molar-refractivity contribution is -0.127. The maximum absolute atomic E-state index is 12.1. The number of rotatable bonds is 3. The van der Waals surface area contributed by atoms with Gasteiger partial charge in [0.2, 0.25) is 0 Å². The van der Waals surface area contributed by atoms with E-state index in [1.807, 2.05) is 32.9 Å². The Hall–Kier alpha value is -1.06. The second-order valence-electron chi connectivity index (χ2n) is 6.41. The van der Waals surface area contributed by atoms with Crippen LogP contribution in [0.15, 0.2) is 24.3 Å². The Balaban J connectivity index is 1.86. The van der Waals surface area contributed by atoms with Crippen LogP contribution in [0.2, 0.25) is 5.02 Å². The van der Waals surface area contributed by atoms with Gasteiger partial charge in [-0.25, -0.2) is 0 Å². The molecule has 0 radical (unpaired) electrons. The fraction of sp³-hybridized carbons (Fsp3) is 0.562. The molecular formula is C16H23ClN2O. The van der Waals surface area contributed by atoms with Gasteiger partial charge in [0.15, 0.2) is 5.78 Å². The first kappa shape index (κ1) is 15.3. The third-order valence-corrected chi connectivity index (χ3v) is 4.02. The number of halogens is 1. The van der Waals surface area contributed by atoms with Crippen molar-refractivity contribution in [1.29, 1.82) is 0 Å². The molecule has 0 spiro atoms. The van der Waals surface area contributed by atoms with Crippen molar-refractivity contribution in [1.82, 2.24) is 4.90 Å². The van der Waals surface area contributed by atoms with Crippen LogP contribution < -0.4 is 4.90 Å². The number of carbonyl (C=O) groups is 1. The zero-order chi connectivity index (χ0) is 14.8. The minimum Gasteiger partial charge on any atom is -0.369 e. The highest BCUT2D eigenvalue weighted by molar-refractivity contribution is 6.30. The van der Waals surface area contributed by atoms with Gasteiger partial charge in [-0.15, -0.1) is 0 Å². The molecule has 110 valence electrons. The summed E-state index contributed by atoms with van der Waals surface area (Å²) in [5.41, 5.74) is 0.962. The molecule has 2 rings (SSSR count). The van der Waals surface area contributed by atoms with E-state index in [9.17, 15) is 4.79 Å². The lowest BCUT2D eigenvalue weighted by Crippen LogP contribution is -2.49. The molecule has 0 N–H and O–H groups in total. The van der Waals surface area contributed by atoms with Gasteiger partial charge in [-0.2, -0.15) is 0 Å². The van der Waals surface area contributed by atoms with Crippen molar-refractivity contribution in [2.75, 3.05) is 37.6 Å². The van der Waals surface area contributed by atoms with Gasteiger partial charge in [0, 0.05) is 42.3 Å². The number of piperazine rings is 1. The molecule has 0 saturated carbocycles. The molecule has 1 fully saturated rings. The molecule has 20 heavy (non-hydrogen) atoms. The van der Waals surface area contributed by atoms with E-state index in [-0.39, 0.29) is 5.41 Å². The Morgan fingerprint density at radius 3 is 2.15 bits per heavy atom. The molecule has 1 aliphatic rings. The molecule has 0 amide bonds. The normalized spacial score (nSPS) is 17.3. The number of hydrogen-bond donors (Lipinski definition) is 0. The average Bonchev–Trinajstić information content (AvgIpc) is 2.39. The molecule has 1 aliphatic heterocycles. The third-order valence-electron chi connectivity index (χ3n) is 3.77. The van der Waals surface area contributed by atoms with Crippen molar-refractivity contribution < 1.29 is 4.79 Å². The predicted octanol–water partition coefficient (Wildman–Crippen LogP) is 3.08.